The van der Waals surface area contributed by atoms with E-state index in [0.29, 0.717) is 22.0 Å². The van der Waals surface area contributed by atoms with Crippen LogP contribution in [0.5, 0.6) is 0 Å². The normalized spacial score (nSPS) is 19.0. The molecule has 0 amide bonds. The predicted molar refractivity (Wildman–Crippen MR) is 126 cm³/mol. The first kappa shape index (κ1) is 20.1. The van der Waals surface area contributed by atoms with Gasteiger partial charge in [-0.3, -0.25) is 0 Å². The van der Waals surface area contributed by atoms with Crippen molar-refractivity contribution in [3.63, 3.8) is 0 Å². The summed E-state index contributed by atoms with van der Waals surface area (Å²) in [5, 5.41) is 9.95. The molecule has 0 unspecified atom stereocenters. The van der Waals surface area contributed by atoms with Crippen molar-refractivity contribution >= 4 is 29.0 Å². The van der Waals surface area contributed by atoms with Crippen LogP contribution in [0.1, 0.15) is 35.7 Å². The van der Waals surface area contributed by atoms with Crippen molar-refractivity contribution < 1.29 is 0 Å². The molecule has 1 aliphatic carbocycles. The lowest BCUT2D eigenvalue weighted by atomic mass is 9.73. The monoisotopic (exact) mass is 454 g/mol. The second-order valence-corrected chi connectivity index (χ2v) is 9.77. The SMILES string of the molecule is N#Cc1ncccc1Sc1cnc2[nH]c(N3CCC4(CC3)Cc3ccccc3[C@H]4N)nc2n1. The molecule has 6 rings (SSSR count). The highest BCUT2D eigenvalue weighted by molar-refractivity contribution is 7.99. The second-order valence-electron chi connectivity index (χ2n) is 8.71. The van der Waals surface area contributed by atoms with Crippen molar-refractivity contribution in [1.82, 2.24) is 24.9 Å². The van der Waals surface area contributed by atoms with Gasteiger partial charge in [-0.1, -0.05) is 36.0 Å². The number of nitrogens with two attached hydrogens (primary N) is 1. The van der Waals surface area contributed by atoms with E-state index in [4.69, 9.17) is 10.7 Å². The summed E-state index contributed by atoms with van der Waals surface area (Å²) in [6.07, 6.45) is 6.42. The summed E-state index contributed by atoms with van der Waals surface area (Å²) in [6, 6.07) is 14.5. The molecule has 0 saturated carbocycles. The molecule has 1 atom stereocenters. The van der Waals surface area contributed by atoms with Crippen LogP contribution in [-0.2, 0) is 6.42 Å². The van der Waals surface area contributed by atoms with Crippen LogP contribution in [0.15, 0.2) is 58.7 Å². The number of benzene rings is 1. The maximum Gasteiger partial charge on any atom is 0.206 e. The average molecular weight is 455 g/mol. The number of nitriles is 1. The van der Waals surface area contributed by atoms with Crippen molar-refractivity contribution in [3.8, 4) is 6.07 Å². The Kier molecular flexibility index (Phi) is 4.78. The number of nitrogens with one attached hydrogen (secondary N) is 1. The van der Waals surface area contributed by atoms with Crippen LogP contribution in [0.25, 0.3) is 11.3 Å². The van der Waals surface area contributed by atoms with E-state index < -0.39 is 0 Å². The number of fused-ring (bicyclic) bond motifs is 2. The topological polar surface area (TPSA) is 120 Å². The van der Waals surface area contributed by atoms with Crippen molar-refractivity contribution in [2.45, 2.75) is 35.2 Å². The van der Waals surface area contributed by atoms with Gasteiger partial charge >= 0.3 is 0 Å². The van der Waals surface area contributed by atoms with Crippen molar-refractivity contribution in [2.75, 3.05) is 18.0 Å². The maximum absolute atomic E-state index is 9.27. The minimum Gasteiger partial charge on any atom is -0.342 e. The Bertz CT molecular complexity index is 1380. The van der Waals surface area contributed by atoms with Crippen LogP contribution in [0.2, 0.25) is 0 Å². The Morgan fingerprint density at radius 2 is 1.97 bits per heavy atom. The van der Waals surface area contributed by atoms with E-state index in [-0.39, 0.29) is 11.5 Å². The number of nitrogens with zero attached hydrogens (tertiary/aromatic N) is 6. The summed E-state index contributed by atoms with van der Waals surface area (Å²) >= 11 is 1.37. The average Bonchev–Trinajstić information content (AvgIpc) is 3.39. The number of hydrogen-bond donors (Lipinski definition) is 2. The third kappa shape index (κ3) is 3.43. The lowest BCUT2D eigenvalue weighted by Crippen LogP contribution is -2.44. The van der Waals surface area contributed by atoms with Crippen LogP contribution in [0, 0.1) is 16.7 Å². The van der Waals surface area contributed by atoms with E-state index in [1.807, 2.05) is 6.07 Å². The fraction of sp³-hybridized carbons (Fsp3) is 0.292. The first-order valence-corrected chi connectivity index (χ1v) is 11.8. The third-order valence-electron chi connectivity index (χ3n) is 6.92. The Hall–Kier alpha value is -3.48. The van der Waals surface area contributed by atoms with Crippen LogP contribution < -0.4 is 10.6 Å². The third-order valence-corrected chi connectivity index (χ3v) is 7.87. The van der Waals surface area contributed by atoms with E-state index in [1.54, 1.807) is 18.5 Å². The molecule has 3 aromatic heterocycles. The Morgan fingerprint density at radius 3 is 2.79 bits per heavy atom. The van der Waals surface area contributed by atoms with Gasteiger partial charge in [-0.15, -0.1) is 0 Å². The maximum atomic E-state index is 9.27. The summed E-state index contributed by atoms with van der Waals surface area (Å²) in [7, 11) is 0. The highest BCUT2D eigenvalue weighted by Crippen LogP contribution is 2.50. The molecule has 164 valence electrons. The van der Waals surface area contributed by atoms with Crippen LogP contribution in [-0.4, -0.2) is 38.0 Å². The number of piperidine rings is 1. The van der Waals surface area contributed by atoms with E-state index in [9.17, 15) is 5.26 Å². The molecule has 4 aromatic rings. The number of rotatable bonds is 3. The zero-order valence-electron chi connectivity index (χ0n) is 17.9. The largest absolute Gasteiger partial charge is 0.342 e. The number of anilines is 1. The predicted octanol–water partition coefficient (Wildman–Crippen LogP) is 3.61. The van der Waals surface area contributed by atoms with E-state index in [1.165, 1.54) is 22.9 Å². The molecule has 33 heavy (non-hydrogen) atoms. The number of aromatic nitrogens is 5. The smallest absolute Gasteiger partial charge is 0.206 e. The van der Waals surface area contributed by atoms with Crippen molar-refractivity contribution in [3.05, 3.63) is 65.6 Å². The van der Waals surface area contributed by atoms with Gasteiger partial charge in [0.25, 0.3) is 0 Å². The molecule has 4 heterocycles. The number of hydrogen-bond acceptors (Lipinski definition) is 8. The fourth-order valence-electron chi connectivity index (χ4n) is 5.10. The van der Waals surface area contributed by atoms with Crippen LogP contribution >= 0.6 is 11.8 Å². The van der Waals surface area contributed by atoms with Gasteiger partial charge in [0.1, 0.15) is 11.1 Å². The first-order valence-electron chi connectivity index (χ1n) is 11.0. The van der Waals surface area contributed by atoms with Gasteiger partial charge in [-0.25, -0.2) is 15.0 Å². The fourth-order valence-corrected chi connectivity index (χ4v) is 5.91. The molecule has 9 heteroatoms. The summed E-state index contributed by atoms with van der Waals surface area (Å²) in [4.78, 5) is 24.3. The van der Waals surface area contributed by atoms with Crippen molar-refractivity contribution in [1.29, 1.82) is 5.26 Å². The van der Waals surface area contributed by atoms with Crippen LogP contribution in [0.4, 0.5) is 5.95 Å². The minimum absolute atomic E-state index is 0.0974. The number of pyridine rings is 1. The van der Waals surface area contributed by atoms with Gasteiger partial charge in [0.15, 0.2) is 17.0 Å². The molecule has 1 aliphatic heterocycles. The molecule has 2 aliphatic rings. The highest BCUT2D eigenvalue weighted by atomic mass is 32.2. The molecule has 1 spiro atoms. The molecule has 1 aromatic carbocycles. The number of imidazole rings is 1. The van der Waals surface area contributed by atoms with E-state index >= 15 is 0 Å². The van der Waals surface area contributed by atoms with Gasteiger partial charge in [0, 0.05) is 25.3 Å². The summed E-state index contributed by atoms with van der Waals surface area (Å²) in [6.45, 7) is 1.79. The summed E-state index contributed by atoms with van der Waals surface area (Å²) in [5.74, 6) is 0.796. The molecular weight excluding hydrogens is 432 g/mol. The highest BCUT2D eigenvalue weighted by Gasteiger charge is 2.46. The standard InChI is InChI=1S/C24H22N8S/c25-13-17-18(6-3-9-27-17)33-19-14-28-21-22(29-19)31-23(30-21)32-10-7-24(8-11-32)12-15-4-1-2-5-16(15)20(24)26/h1-6,9,14,20H,7-8,10-12,26H2,(H,28,29,30,31)/t20-/m1/s1. The van der Waals surface area contributed by atoms with Crippen LogP contribution in [0.3, 0.4) is 0 Å². The van der Waals surface area contributed by atoms with Gasteiger partial charge in [-0.05, 0) is 47.9 Å². The van der Waals surface area contributed by atoms with Gasteiger partial charge in [-0.2, -0.15) is 10.2 Å². The summed E-state index contributed by atoms with van der Waals surface area (Å²) < 4.78 is 0. The van der Waals surface area contributed by atoms with E-state index in [2.05, 4.69) is 55.2 Å². The molecular formula is C24H22N8S. The number of aromatic amines is 1. The zero-order chi connectivity index (χ0) is 22.4. The molecule has 3 N–H and O–H groups in total. The lowest BCUT2D eigenvalue weighted by molar-refractivity contribution is 0.187. The molecule has 0 radical (unpaired) electrons. The van der Waals surface area contributed by atoms with E-state index in [0.717, 1.165) is 43.2 Å². The zero-order valence-corrected chi connectivity index (χ0v) is 18.7. The van der Waals surface area contributed by atoms with Gasteiger partial charge in [0.2, 0.25) is 5.95 Å². The summed E-state index contributed by atoms with van der Waals surface area (Å²) in [5.41, 5.74) is 11.2. The van der Waals surface area contributed by atoms with Gasteiger partial charge in [0.05, 0.1) is 11.1 Å². The Morgan fingerprint density at radius 1 is 1.12 bits per heavy atom. The number of H-pyrrole nitrogens is 1. The molecule has 8 nitrogen and oxygen atoms in total. The minimum atomic E-state index is 0.0974. The molecule has 0 bridgehead atoms. The molecule has 1 fully saturated rings. The van der Waals surface area contributed by atoms with Gasteiger partial charge < -0.3 is 15.6 Å². The first-order chi connectivity index (χ1) is 16.1. The lowest BCUT2D eigenvalue weighted by Gasteiger charge is -2.42. The molecule has 1 saturated heterocycles. The van der Waals surface area contributed by atoms with Crippen molar-refractivity contribution in [2.24, 2.45) is 11.1 Å². The Labute approximate surface area is 195 Å². The Balaban J connectivity index is 1.20. The second kappa shape index (κ2) is 7.83. The quantitative estimate of drug-likeness (QED) is 0.482.